The van der Waals surface area contributed by atoms with Crippen molar-refractivity contribution in [3.05, 3.63) is 10.6 Å². The summed E-state index contributed by atoms with van der Waals surface area (Å²) in [4.78, 5) is 8.61. The Balaban J connectivity index is 2.27. The summed E-state index contributed by atoms with van der Waals surface area (Å²) in [6.07, 6.45) is 3.68. The predicted octanol–water partition coefficient (Wildman–Crippen LogP) is 2.37. The minimum Gasteiger partial charge on any atom is -0.349 e. The van der Waals surface area contributed by atoms with Gasteiger partial charge in [0.15, 0.2) is 5.13 Å². The zero-order valence-electron chi connectivity index (χ0n) is 10.2. The van der Waals surface area contributed by atoms with E-state index in [2.05, 4.69) is 18.7 Å². The molecule has 4 heteroatoms. The summed E-state index contributed by atoms with van der Waals surface area (Å²) in [6, 6.07) is 0. The van der Waals surface area contributed by atoms with Gasteiger partial charge in [-0.15, -0.1) is 11.3 Å². The van der Waals surface area contributed by atoms with Gasteiger partial charge in [0, 0.05) is 30.4 Å². The van der Waals surface area contributed by atoms with Crippen LogP contribution >= 0.6 is 11.3 Å². The molecule has 1 aliphatic carbocycles. The molecule has 2 N–H and O–H groups in total. The minimum atomic E-state index is 0.504. The van der Waals surface area contributed by atoms with Crippen LogP contribution < -0.4 is 10.6 Å². The fraction of sp³-hybridized carbons (Fsp3) is 0.750. The lowest BCUT2D eigenvalue weighted by molar-refractivity contribution is 0.554. The normalized spacial score (nSPS) is 19.6. The zero-order chi connectivity index (χ0) is 11.5. The molecule has 0 radical (unpaired) electrons. The van der Waals surface area contributed by atoms with Crippen molar-refractivity contribution in [1.82, 2.24) is 4.98 Å². The molecule has 0 aliphatic heterocycles. The molecule has 2 rings (SSSR count). The molecule has 0 saturated carbocycles. The molecule has 0 spiro atoms. The molecule has 1 aromatic heterocycles. The summed E-state index contributed by atoms with van der Waals surface area (Å²) in [7, 11) is 0. The summed E-state index contributed by atoms with van der Waals surface area (Å²) in [5.74, 6) is 0.504. The van der Waals surface area contributed by atoms with E-state index in [1.54, 1.807) is 0 Å². The molecule has 3 nitrogen and oxygen atoms in total. The van der Waals surface area contributed by atoms with E-state index in [0.29, 0.717) is 5.92 Å². The molecule has 1 heterocycles. The highest BCUT2D eigenvalue weighted by molar-refractivity contribution is 7.15. The lowest BCUT2D eigenvalue weighted by Gasteiger charge is -2.19. The fourth-order valence-corrected chi connectivity index (χ4v) is 3.67. The Hall–Kier alpha value is -0.610. The maximum Gasteiger partial charge on any atom is 0.185 e. The standard InChI is InChI=1S/C12H21N3S/c1-3-15(4-2)12-14-11-9(8-13)6-5-7-10(11)16-12/h9H,3-8,13H2,1-2H3. The van der Waals surface area contributed by atoms with Gasteiger partial charge in [0.25, 0.3) is 0 Å². The number of anilines is 1. The van der Waals surface area contributed by atoms with Crippen LogP contribution in [-0.2, 0) is 6.42 Å². The Morgan fingerprint density at radius 2 is 2.19 bits per heavy atom. The number of hydrogen-bond acceptors (Lipinski definition) is 4. The van der Waals surface area contributed by atoms with Gasteiger partial charge in [0.05, 0.1) is 5.69 Å². The Morgan fingerprint density at radius 1 is 1.44 bits per heavy atom. The van der Waals surface area contributed by atoms with E-state index >= 15 is 0 Å². The highest BCUT2D eigenvalue weighted by atomic mass is 32.1. The quantitative estimate of drug-likeness (QED) is 0.877. The number of nitrogens with two attached hydrogens (primary N) is 1. The van der Waals surface area contributed by atoms with Crippen molar-refractivity contribution >= 4 is 16.5 Å². The molecule has 0 aromatic carbocycles. The Kier molecular flexibility index (Phi) is 3.82. The van der Waals surface area contributed by atoms with Crippen molar-refractivity contribution in [3.63, 3.8) is 0 Å². The van der Waals surface area contributed by atoms with Gasteiger partial charge in [-0.25, -0.2) is 4.98 Å². The van der Waals surface area contributed by atoms with Crippen molar-refractivity contribution in [2.24, 2.45) is 5.73 Å². The zero-order valence-corrected chi connectivity index (χ0v) is 11.0. The van der Waals surface area contributed by atoms with E-state index in [1.807, 2.05) is 11.3 Å². The lowest BCUT2D eigenvalue weighted by atomic mass is 9.91. The molecular formula is C12H21N3S. The number of aryl methyl sites for hydroxylation is 1. The first-order chi connectivity index (χ1) is 7.80. The molecule has 1 atom stereocenters. The molecule has 1 aromatic rings. The first-order valence-electron chi connectivity index (χ1n) is 6.24. The SMILES string of the molecule is CCN(CC)c1nc2c(s1)CCCC2CN. The second-order valence-electron chi connectivity index (χ2n) is 4.30. The predicted molar refractivity (Wildman–Crippen MR) is 70.4 cm³/mol. The topological polar surface area (TPSA) is 42.2 Å². The van der Waals surface area contributed by atoms with E-state index in [-0.39, 0.29) is 0 Å². The third-order valence-electron chi connectivity index (χ3n) is 3.38. The van der Waals surface area contributed by atoms with Crippen LogP contribution in [0.5, 0.6) is 0 Å². The third-order valence-corrected chi connectivity index (χ3v) is 4.57. The van der Waals surface area contributed by atoms with Crippen molar-refractivity contribution in [3.8, 4) is 0 Å². The molecule has 1 unspecified atom stereocenters. The molecule has 0 amide bonds. The van der Waals surface area contributed by atoms with Crippen LogP contribution in [0.2, 0.25) is 0 Å². The van der Waals surface area contributed by atoms with Gasteiger partial charge in [-0.2, -0.15) is 0 Å². The molecule has 0 saturated heterocycles. The van der Waals surface area contributed by atoms with Gasteiger partial charge >= 0.3 is 0 Å². The van der Waals surface area contributed by atoms with E-state index in [0.717, 1.165) is 19.6 Å². The maximum absolute atomic E-state index is 5.82. The summed E-state index contributed by atoms with van der Waals surface area (Å²) >= 11 is 1.87. The number of nitrogens with zero attached hydrogens (tertiary/aromatic N) is 2. The van der Waals surface area contributed by atoms with Gasteiger partial charge in [0.2, 0.25) is 0 Å². The molecule has 1 aliphatic rings. The van der Waals surface area contributed by atoms with E-state index in [9.17, 15) is 0 Å². The van der Waals surface area contributed by atoms with Crippen LogP contribution in [0.3, 0.4) is 0 Å². The van der Waals surface area contributed by atoms with Crippen molar-refractivity contribution in [2.75, 3.05) is 24.5 Å². The van der Waals surface area contributed by atoms with Crippen LogP contribution in [0.15, 0.2) is 0 Å². The smallest absolute Gasteiger partial charge is 0.185 e. The number of fused-ring (bicyclic) bond motifs is 1. The second-order valence-corrected chi connectivity index (χ2v) is 5.36. The van der Waals surface area contributed by atoms with E-state index in [4.69, 9.17) is 10.7 Å². The number of aromatic nitrogens is 1. The van der Waals surface area contributed by atoms with Crippen LogP contribution in [0.25, 0.3) is 0 Å². The first kappa shape index (κ1) is 11.9. The highest BCUT2D eigenvalue weighted by Crippen LogP contribution is 2.37. The monoisotopic (exact) mass is 239 g/mol. The molecule has 16 heavy (non-hydrogen) atoms. The molecular weight excluding hydrogens is 218 g/mol. The summed E-state index contributed by atoms with van der Waals surface area (Å²) < 4.78 is 0. The van der Waals surface area contributed by atoms with Crippen molar-refractivity contribution < 1.29 is 0 Å². The number of thiazole rings is 1. The van der Waals surface area contributed by atoms with Gasteiger partial charge in [-0.1, -0.05) is 0 Å². The van der Waals surface area contributed by atoms with Gasteiger partial charge in [0.1, 0.15) is 0 Å². The first-order valence-corrected chi connectivity index (χ1v) is 7.06. The lowest BCUT2D eigenvalue weighted by Crippen LogP contribution is -2.22. The summed E-state index contributed by atoms with van der Waals surface area (Å²) in [5, 5.41) is 1.19. The fourth-order valence-electron chi connectivity index (χ4n) is 2.35. The minimum absolute atomic E-state index is 0.504. The maximum atomic E-state index is 5.82. The summed E-state index contributed by atoms with van der Waals surface area (Å²) in [5.41, 5.74) is 7.11. The molecule has 0 bridgehead atoms. The molecule has 90 valence electrons. The highest BCUT2D eigenvalue weighted by Gasteiger charge is 2.24. The van der Waals surface area contributed by atoms with E-state index in [1.165, 1.54) is 35.0 Å². The Labute approximate surface area is 102 Å². The van der Waals surface area contributed by atoms with Gasteiger partial charge in [-0.3, -0.25) is 0 Å². The van der Waals surface area contributed by atoms with Crippen LogP contribution in [0.1, 0.15) is 43.2 Å². The molecule has 0 fully saturated rings. The average Bonchev–Trinajstić information content (AvgIpc) is 2.73. The van der Waals surface area contributed by atoms with Crippen LogP contribution in [0.4, 0.5) is 5.13 Å². The van der Waals surface area contributed by atoms with Crippen molar-refractivity contribution in [2.45, 2.75) is 39.0 Å². The van der Waals surface area contributed by atoms with Gasteiger partial charge in [-0.05, 0) is 33.1 Å². The second kappa shape index (κ2) is 5.15. The Morgan fingerprint density at radius 3 is 2.81 bits per heavy atom. The summed E-state index contributed by atoms with van der Waals surface area (Å²) in [6.45, 7) is 7.19. The van der Waals surface area contributed by atoms with E-state index < -0.39 is 0 Å². The van der Waals surface area contributed by atoms with Crippen LogP contribution in [-0.4, -0.2) is 24.6 Å². The van der Waals surface area contributed by atoms with Gasteiger partial charge < -0.3 is 10.6 Å². The van der Waals surface area contributed by atoms with Crippen molar-refractivity contribution in [1.29, 1.82) is 0 Å². The van der Waals surface area contributed by atoms with Crippen LogP contribution in [0, 0.1) is 0 Å². The number of rotatable bonds is 4. The number of hydrogen-bond donors (Lipinski definition) is 1. The Bertz CT molecular complexity index is 344. The third kappa shape index (κ3) is 2.09. The largest absolute Gasteiger partial charge is 0.349 e. The average molecular weight is 239 g/mol.